The Morgan fingerprint density at radius 1 is 1.56 bits per heavy atom. The fourth-order valence-corrected chi connectivity index (χ4v) is 2.16. The molecule has 1 aromatic heterocycles. The van der Waals surface area contributed by atoms with Crippen LogP contribution in [0.3, 0.4) is 0 Å². The Kier molecular flexibility index (Phi) is 3.91. The van der Waals surface area contributed by atoms with Crippen molar-refractivity contribution in [2.45, 2.75) is 44.7 Å². The Bertz CT molecular complexity index is 437. The van der Waals surface area contributed by atoms with E-state index in [9.17, 15) is 14.9 Å². The zero-order chi connectivity index (χ0) is 13.0. The lowest BCUT2D eigenvalue weighted by atomic mass is 10.2. The predicted octanol–water partition coefficient (Wildman–Crippen LogP) is 1.24. The van der Waals surface area contributed by atoms with E-state index in [1.807, 2.05) is 0 Å². The van der Waals surface area contributed by atoms with Crippen LogP contribution in [0.25, 0.3) is 0 Å². The maximum absolute atomic E-state index is 11.6. The van der Waals surface area contributed by atoms with Gasteiger partial charge in [0, 0.05) is 19.0 Å². The van der Waals surface area contributed by atoms with Crippen LogP contribution >= 0.6 is 0 Å². The number of nitrogens with zero attached hydrogens (tertiary/aromatic N) is 3. The van der Waals surface area contributed by atoms with Crippen molar-refractivity contribution in [3.8, 4) is 0 Å². The van der Waals surface area contributed by atoms with Crippen molar-refractivity contribution in [2.75, 3.05) is 0 Å². The van der Waals surface area contributed by atoms with Crippen LogP contribution in [0.4, 0.5) is 5.69 Å². The van der Waals surface area contributed by atoms with E-state index in [-0.39, 0.29) is 11.6 Å². The normalized spacial score (nSPS) is 15.8. The molecule has 0 spiro atoms. The van der Waals surface area contributed by atoms with Crippen LogP contribution in [-0.4, -0.2) is 26.7 Å². The van der Waals surface area contributed by atoms with Crippen LogP contribution in [-0.2, 0) is 11.3 Å². The Labute approximate surface area is 104 Å². The van der Waals surface area contributed by atoms with Crippen LogP contribution in [0, 0.1) is 10.1 Å². The summed E-state index contributed by atoms with van der Waals surface area (Å²) in [6, 6.07) is 0.310. The van der Waals surface area contributed by atoms with Crippen molar-refractivity contribution in [1.29, 1.82) is 0 Å². The van der Waals surface area contributed by atoms with Crippen molar-refractivity contribution in [3.63, 3.8) is 0 Å². The second-order valence-corrected chi connectivity index (χ2v) is 4.52. The van der Waals surface area contributed by atoms with Gasteiger partial charge in [-0.1, -0.05) is 12.8 Å². The summed E-state index contributed by atoms with van der Waals surface area (Å²) in [5, 5.41) is 17.3. The first kappa shape index (κ1) is 12.5. The number of carbonyl (C=O) groups is 1. The number of nitrogens with one attached hydrogen (secondary N) is 1. The average Bonchev–Trinajstić information content (AvgIpc) is 2.96. The van der Waals surface area contributed by atoms with Crippen LogP contribution in [0.1, 0.15) is 32.1 Å². The van der Waals surface area contributed by atoms with Gasteiger partial charge in [0.25, 0.3) is 0 Å². The van der Waals surface area contributed by atoms with E-state index in [0.29, 0.717) is 19.0 Å². The highest BCUT2D eigenvalue weighted by Crippen LogP contribution is 2.17. The molecule has 98 valence electrons. The molecule has 7 nitrogen and oxygen atoms in total. The van der Waals surface area contributed by atoms with Crippen molar-refractivity contribution in [3.05, 3.63) is 22.5 Å². The Balaban J connectivity index is 1.76. The molecule has 1 N–H and O–H groups in total. The van der Waals surface area contributed by atoms with Gasteiger partial charge in [0.2, 0.25) is 5.91 Å². The minimum Gasteiger partial charge on any atom is -0.353 e. The minimum atomic E-state index is -0.498. The van der Waals surface area contributed by atoms with Gasteiger partial charge in [0.1, 0.15) is 12.4 Å². The molecule has 18 heavy (non-hydrogen) atoms. The molecule has 0 bridgehead atoms. The molecule has 2 rings (SSSR count). The fraction of sp³-hybridized carbons (Fsp3) is 0.636. The maximum Gasteiger partial charge on any atom is 0.306 e. The zero-order valence-electron chi connectivity index (χ0n) is 10.0. The number of rotatable bonds is 5. The van der Waals surface area contributed by atoms with Crippen LogP contribution in [0.5, 0.6) is 0 Å². The summed E-state index contributed by atoms with van der Waals surface area (Å²) >= 11 is 0. The molecule has 1 saturated carbocycles. The van der Waals surface area contributed by atoms with E-state index in [1.54, 1.807) is 0 Å². The molecule has 0 aliphatic heterocycles. The Morgan fingerprint density at radius 3 is 2.89 bits per heavy atom. The lowest BCUT2D eigenvalue weighted by Crippen LogP contribution is -2.33. The van der Waals surface area contributed by atoms with E-state index in [0.717, 1.165) is 12.8 Å². The minimum absolute atomic E-state index is 0.0138. The van der Waals surface area contributed by atoms with Gasteiger partial charge in [-0.2, -0.15) is 5.10 Å². The summed E-state index contributed by atoms with van der Waals surface area (Å²) in [6.45, 7) is 0.367. The number of aromatic nitrogens is 2. The molecular weight excluding hydrogens is 236 g/mol. The average molecular weight is 252 g/mol. The second-order valence-electron chi connectivity index (χ2n) is 4.52. The Hall–Kier alpha value is -1.92. The SMILES string of the molecule is O=C(CCn1cc([N+](=O)[O-])cn1)NC1CCCC1. The highest BCUT2D eigenvalue weighted by molar-refractivity contribution is 5.76. The molecule has 1 aliphatic rings. The number of aryl methyl sites for hydroxylation is 1. The van der Waals surface area contributed by atoms with E-state index in [2.05, 4.69) is 10.4 Å². The summed E-state index contributed by atoms with van der Waals surface area (Å²) in [7, 11) is 0. The van der Waals surface area contributed by atoms with Crippen molar-refractivity contribution in [1.82, 2.24) is 15.1 Å². The van der Waals surface area contributed by atoms with Gasteiger partial charge in [0.15, 0.2) is 0 Å². The summed E-state index contributed by atoms with van der Waals surface area (Å²) < 4.78 is 1.42. The van der Waals surface area contributed by atoms with Gasteiger partial charge in [0.05, 0.1) is 4.92 Å². The molecule has 1 aromatic rings. The smallest absolute Gasteiger partial charge is 0.306 e. The monoisotopic (exact) mass is 252 g/mol. The number of hydrogen-bond acceptors (Lipinski definition) is 4. The zero-order valence-corrected chi connectivity index (χ0v) is 10.0. The highest BCUT2D eigenvalue weighted by atomic mass is 16.6. The molecule has 0 atom stereocenters. The third-order valence-electron chi connectivity index (χ3n) is 3.12. The lowest BCUT2D eigenvalue weighted by molar-refractivity contribution is -0.385. The third-order valence-corrected chi connectivity index (χ3v) is 3.12. The Morgan fingerprint density at radius 2 is 2.28 bits per heavy atom. The van der Waals surface area contributed by atoms with Crippen LogP contribution in [0.15, 0.2) is 12.4 Å². The van der Waals surface area contributed by atoms with E-state index < -0.39 is 4.92 Å². The molecule has 0 radical (unpaired) electrons. The maximum atomic E-state index is 11.6. The number of nitro groups is 1. The molecule has 0 aromatic carbocycles. The third kappa shape index (κ3) is 3.28. The molecule has 1 heterocycles. The van der Waals surface area contributed by atoms with Gasteiger partial charge in [-0.05, 0) is 12.8 Å². The lowest BCUT2D eigenvalue weighted by Gasteiger charge is -2.11. The molecule has 0 unspecified atom stereocenters. The summed E-state index contributed by atoms with van der Waals surface area (Å²) in [6.07, 6.45) is 7.29. The number of amides is 1. The molecule has 7 heteroatoms. The van der Waals surface area contributed by atoms with Gasteiger partial charge in [-0.25, -0.2) is 0 Å². The molecule has 1 fully saturated rings. The summed E-state index contributed by atoms with van der Waals surface area (Å²) in [5.41, 5.74) is -0.0498. The standard InChI is InChI=1S/C11H16N4O3/c16-11(13-9-3-1-2-4-9)5-6-14-8-10(7-12-14)15(17)18/h7-9H,1-6H2,(H,13,16). The van der Waals surface area contributed by atoms with Gasteiger partial charge in [-0.3, -0.25) is 19.6 Å². The fourth-order valence-electron chi connectivity index (χ4n) is 2.16. The predicted molar refractivity (Wildman–Crippen MR) is 63.9 cm³/mol. The highest BCUT2D eigenvalue weighted by Gasteiger charge is 2.17. The summed E-state index contributed by atoms with van der Waals surface area (Å²) in [5.74, 6) is -0.0138. The quantitative estimate of drug-likeness (QED) is 0.630. The first-order chi connectivity index (χ1) is 8.65. The van der Waals surface area contributed by atoms with Crippen molar-refractivity contribution >= 4 is 11.6 Å². The number of carbonyl (C=O) groups excluding carboxylic acids is 1. The van der Waals surface area contributed by atoms with Crippen LogP contribution in [0.2, 0.25) is 0 Å². The number of hydrogen-bond donors (Lipinski definition) is 1. The topological polar surface area (TPSA) is 90.1 Å². The molecule has 1 aliphatic carbocycles. The first-order valence-corrected chi connectivity index (χ1v) is 6.11. The van der Waals surface area contributed by atoms with Crippen molar-refractivity contribution < 1.29 is 9.72 Å². The van der Waals surface area contributed by atoms with Crippen LogP contribution < -0.4 is 5.32 Å². The molecule has 1 amide bonds. The first-order valence-electron chi connectivity index (χ1n) is 6.11. The van der Waals surface area contributed by atoms with Gasteiger partial charge in [-0.15, -0.1) is 0 Å². The van der Waals surface area contributed by atoms with E-state index in [1.165, 1.54) is 29.9 Å². The molecular formula is C11H16N4O3. The van der Waals surface area contributed by atoms with Gasteiger partial charge < -0.3 is 5.32 Å². The van der Waals surface area contributed by atoms with Gasteiger partial charge >= 0.3 is 5.69 Å². The second kappa shape index (κ2) is 5.61. The summed E-state index contributed by atoms with van der Waals surface area (Å²) in [4.78, 5) is 21.6. The molecule has 0 saturated heterocycles. The van der Waals surface area contributed by atoms with E-state index >= 15 is 0 Å². The van der Waals surface area contributed by atoms with Crippen molar-refractivity contribution in [2.24, 2.45) is 0 Å². The van der Waals surface area contributed by atoms with E-state index in [4.69, 9.17) is 0 Å². The largest absolute Gasteiger partial charge is 0.353 e.